The summed E-state index contributed by atoms with van der Waals surface area (Å²) in [6.07, 6.45) is 5.03. The number of rotatable bonds is 5. The molecule has 0 unspecified atom stereocenters. The van der Waals surface area contributed by atoms with Crippen molar-refractivity contribution in [3.63, 3.8) is 0 Å². The number of anilines is 2. The Hall–Kier alpha value is -3.72. The van der Waals surface area contributed by atoms with Gasteiger partial charge in [0.2, 0.25) is 0 Å². The SMILES string of the molecule is Cc1cc(NS(=O)(=O)c2ccc3c(c2)[C@@H]2C=CC[C@@H]2[C@@H](c2cccc(C(=O)O)c2)N3)nc(C)n1. The van der Waals surface area contributed by atoms with Crippen molar-refractivity contribution in [2.45, 2.75) is 37.1 Å². The van der Waals surface area contributed by atoms with Gasteiger partial charge in [0.1, 0.15) is 11.6 Å². The number of aryl methyl sites for hydroxylation is 2. The Bertz CT molecular complexity index is 1410. The molecule has 3 aromatic rings. The summed E-state index contributed by atoms with van der Waals surface area (Å²) in [7, 11) is -3.85. The first kappa shape index (κ1) is 22.1. The molecule has 2 aliphatic rings. The van der Waals surface area contributed by atoms with Gasteiger partial charge in [0, 0.05) is 23.4 Å². The van der Waals surface area contributed by atoms with E-state index in [0.29, 0.717) is 11.5 Å². The molecule has 1 aromatic heterocycles. The molecule has 0 spiro atoms. The summed E-state index contributed by atoms with van der Waals surface area (Å²) in [5.74, 6) is -0.0687. The molecular weight excluding hydrogens is 452 g/mol. The maximum Gasteiger partial charge on any atom is 0.335 e. The lowest BCUT2D eigenvalue weighted by molar-refractivity contribution is 0.0696. The van der Waals surface area contributed by atoms with Crippen molar-refractivity contribution in [2.24, 2.45) is 5.92 Å². The topological polar surface area (TPSA) is 121 Å². The van der Waals surface area contributed by atoms with E-state index in [2.05, 4.69) is 32.2 Å². The Balaban J connectivity index is 1.49. The van der Waals surface area contributed by atoms with E-state index >= 15 is 0 Å². The Kier molecular flexibility index (Phi) is 5.36. The smallest absolute Gasteiger partial charge is 0.335 e. The molecule has 3 atom stereocenters. The van der Waals surface area contributed by atoms with Crippen LogP contribution in [-0.2, 0) is 10.0 Å². The summed E-state index contributed by atoms with van der Waals surface area (Å²) in [6, 6.07) is 13.5. The van der Waals surface area contributed by atoms with E-state index < -0.39 is 16.0 Å². The van der Waals surface area contributed by atoms with Crippen LogP contribution in [0.5, 0.6) is 0 Å². The van der Waals surface area contributed by atoms with Gasteiger partial charge in [-0.1, -0.05) is 24.3 Å². The van der Waals surface area contributed by atoms with Crippen molar-refractivity contribution in [1.82, 2.24) is 9.97 Å². The molecule has 1 aliphatic heterocycles. The van der Waals surface area contributed by atoms with E-state index in [9.17, 15) is 18.3 Å². The van der Waals surface area contributed by atoms with Gasteiger partial charge in [0.05, 0.1) is 16.5 Å². The molecule has 0 saturated carbocycles. The van der Waals surface area contributed by atoms with Crippen molar-refractivity contribution in [3.05, 3.63) is 88.9 Å². The number of aromatic nitrogens is 2. The van der Waals surface area contributed by atoms with Crippen molar-refractivity contribution < 1.29 is 18.3 Å². The number of carboxylic acids is 1. The molecule has 1 aliphatic carbocycles. The van der Waals surface area contributed by atoms with Crippen LogP contribution in [0.3, 0.4) is 0 Å². The average Bonchev–Trinajstić information content (AvgIpc) is 3.27. The van der Waals surface area contributed by atoms with Crippen LogP contribution in [0.15, 0.2) is 65.6 Å². The molecule has 0 bridgehead atoms. The average molecular weight is 477 g/mol. The number of fused-ring (bicyclic) bond motifs is 3. The lowest BCUT2D eigenvalue weighted by Crippen LogP contribution is -2.29. The molecule has 2 heterocycles. The predicted octanol–water partition coefficient (Wildman–Crippen LogP) is 4.42. The molecule has 34 heavy (non-hydrogen) atoms. The molecule has 3 N–H and O–H groups in total. The van der Waals surface area contributed by atoms with Gasteiger partial charge in [0.25, 0.3) is 10.0 Å². The second kappa shape index (κ2) is 8.25. The zero-order valence-electron chi connectivity index (χ0n) is 18.7. The molecule has 0 fully saturated rings. The van der Waals surface area contributed by atoms with Crippen molar-refractivity contribution >= 4 is 27.5 Å². The van der Waals surface area contributed by atoms with Gasteiger partial charge in [-0.3, -0.25) is 4.72 Å². The highest BCUT2D eigenvalue weighted by Crippen LogP contribution is 2.50. The van der Waals surface area contributed by atoms with Crippen molar-refractivity contribution in [3.8, 4) is 0 Å². The molecule has 2 aromatic carbocycles. The lowest BCUT2D eigenvalue weighted by atomic mass is 9.77. The van der Waals surface area contributed by atoms with Gasteiger partial charge in [-0.15, -0.1) is 0 Å². The van der Waals surface area contributed by atoms with E-state index in [0.717, 1.165) is 23.2 Å². The van der Waals surface area contributed by atoms with Gasteiger partial charge in [-0.25, -0.2) is 23.2 Å². The highest BCUT2D eigenvalue weighted by atomic mass is 32.2. The van der Waals surface area contributed by atoms with Gasteiger partial charge in [0.15, 0.2) is 0 Å². The number of sulfonamides is 1. The zero-order chi connectivity index (χ0) is 24.0. The van der Waals surface area contributed by atoms with E-state index in [1.807, 2.05) is 6.07 Å². The minimum atomic E-state index is -3.85. The molecule has 174 valence electrons. The Morgan fingerprint density at radius 3 is 2.71 bits per heavy atom. The highest BCUT2D eigenvalue weighted by molar-refractivity contribution is 7.92. The quantitative estimate of drug-likeness (QED) is 0.466. The molecular formula is C25H24N4O4S. The number of benzene rings is 2. The summed E-state index contributed by atoms with van der Waals surface area (Å²) in [5, 5.41) is 12.9. The van der Waals surface area contributed by atoms with Crippen LogP contribution in [0.1, 0.15) is 51.4 Å². The third-order valence-electron chi connectivity index (χ3n) is 6.34. The standard InChI is InChI=1S/C25H24N4O4S/c1-14-11-23(27-15(2)26-14)29-34(32,33)18-9-10-22-21(13-18)19-7-4-8-20(19)24(28-22)16-5-3-6-17(12-16)25(30)31/h3-7,9-13,19-20,24,28H,8H2,1-2H3,(H,30,31)(H,26,27,29)/t19-,20+,24-/m1/s1. The van der Waals surface area contributed by atoms with Crippen molar-refractivity contribution in [1.29, 1.82) is 0 Å². The molecule has 0 saturated heterocycles. The second-order valence-electron chi connectivity index (χ2n) is 8.70. The van der Waals surface area contributed by atoms with Crippen LogP contribution in [0.4, 0.5) is 11.5 Å². The number of allylic oxidation sites excluding steroid dienone is 2. The predicted molar refractivity (Wildman–Crippen MR) is 129 cm³/mol. The maximum absolute atomic E-state index is 13.1. The number of nitrogens with one attached hydrogen (secondary N) is 2. The summed E-state index contributed by atoms with van der Waals surface area (Å²) in [5.41, 5.74) is 3.57. The van der Waals surface area contributed by atoms with Crippen LogP contribution < -0.4 is 10.0 Å². The molecule has 8 nitrogen and oxygen atoms in total. The summed E-state index contributed by atoms with van der Waals surface area (Å²) >= 11 is 0. The number of hydrogen-bond acceptors (Lipinski definition) is 6. The third-order valence-corrected chi connectivity index (χ3v) is 7.69. The van der Waals surface area contributed by atoms with Gasteiger partial charge < -0.3 is 10.4 Å². The molecule has 0 amide bonds. The second-order valence-corrected chi connectivity index (χ2v) is 10.4. The molecule has 0 radical (unpaired) electrons. The lowest BCUT2D eigenvalue weighted by Gasteiger charge is -2.37. The third kappa shape index (κ3) is 4.03. The number of carboxylic acid groups (broad SMARTS) is 1. The monoisotopic (exact) mass is 476 g/mol. The fourth-order valence-electron chi connectivity index (χ4n) is 4.90. The van der Waals surface area contributed by atoms with Crippen LogP contribution in [0, 0.1) is 19.8 Å². The molecule has 5 rings (SSSR count). The fraction of sp³-hybridized carbons (Fsp3) is 0.240. The maximum atomic E-state index is 13.1. The minimum absolute atomic E-state index is 0.0217. The number of carbonyl (C=O) groups is 1. The summed E-state index contributed by atoms with van der Waals surface area (Å²) in [6.45, 7) is 3.50. The van der Waals surface area contributed by atoms with Crippen molar-refractivity contribution in [2.75, 3.05) is 10.0 Å². The number of nitrogens with zero attached hydrogens (tertiary/aromatic N) is 2. The van der Waals surface area contributed by atoms with Crippen LogP contribution in [0.25, 0.3) is 0 Å². The Morgan fingerprint density at radius 1 is 1.12 bits per heavy atom. The first-order valence-corrected chi connectivity index (χ1v) is 12.4. The Labute approximate surface area is 197 Å². The van der Waals surface area contributed by atoms with Gasteiger partial charge >= 0.3 is 5.97 Å². The Morgan fingerprint density at radius 2 is 1.94 bits per heavy atom. The largest absolute Gasteiger partial charge is 0.478 e. The van der Waals surface area contributed by atoms with E-state index in [1.165, 1.54) is 0 Å². The van der Waals surface area contributed by atoms with E-state index in [1.54, 1.807) is 56.3 Å². The van der Waals surface area contributed by atoms with Crippen LogP contribution >= 0.6 is 0 Å². The summed E-state index contributed by atoms with van der Waals surface area (Å²) < 4.78 is 28.8. The van der Waals surface area contributed by atoms with Crippen LogP contribution in [-0.4, -0.2) is 29.5 Å². The first-order chi connectivity index (χ1) is 16.2. The van der Waals surface area contributed by atoms with Crippen LogP contribution in [0.2, 0.25) is 0 Å². The highest BCUT2D eigenvalue weighted by Gasteiger charge is 2.38. The fourth-order valence-corrected chi connectivity index (χ4v) is 5.93. The van der Waals surface area contributed by atoms with E-state index in [-0.39, 0.29) is 34.2 Å². The number of hydrogen-bond donors (Lipinski definition) is 3. The van der Waals surface area contributed by atoms with Gasteiger partial charge in [-0.2, -0.15) is 0 Å². The van der Waals surface area contributed by atoms with E-state index in [4.69, 9.17) is 0 Å². The first-order valence-electron chi connectivity index (χ1n) is 11.0. The molecule has 9 heteroatoms. The number of aromatic carboxylic acids is 1. The minimum Gasteiger partial charge on any atom is -0.478 e. The normalized spacial score (nSPS) is 20.8. The summed E-state index contributed by atoms with van der Waals surface area (Å²) in [4.78, 5) is 20.0. The zero-order valence-corrected chi connectivity index (χ0v) is 19.5. The van der Waals surface area contributed by atoms with Gasteiger partial charge in [-0.05, 0) is 67.6 Å².